The zero-order valence-electron chi connectivity index (χ0n) is 4.76. The summed E-state index contributed by atoms with van der Waals surface area (Å²) in [6.07, 6.45) is 1.78. The molecule has 0 atom stereocenters. The molecule has 2 heteroatoms. The van der Waals surface area contributed by atoms with Crippen LogP contribution in [0.1, 0.15) is 5.56 Å². The molecule has 0 saturated heterocycles. The number of para-hydroxylation sites is 1. The highest BCUT2D eigenvalue weighted by molar-refractivity contribution is 5.90. The van der Waals surface area contributed by atoms with Gasteiger partial charge in [0.1, 0.15) is 5.69 Å². The molecular weight excluding hydrogens is 112 g/mol. The third-order valence-corrected chi connectivity index (χ3v) is 1.27. The van der Waals surface area contributed by atoms with Gasteiger partial charge in [-0.3, -0.25) is 0 Å². The normalized spacial score (nSPS) is 12.9. The molecule has 1 aliphatic rings. The number of hydrogen-bond acceptors (Lipinski definition) is 2. The topological polar surface area (TPSA) is 26.1 Å². The minimum atomic E-state index is 0.970. The third kappa shape index (κ3) is 0.598. The van der Waals surface area contributed by atoms with Crippen LogP contribution in [0.3, 0.4) is 0 Å². The molecule has 0 aliphatic carbocycles. The minimum Gasteiger partial charge on any atom is -0.0995 e. The van der Waals surface area contributed by atoms with Crippen molar-refractivity contribution in [2.75, 3.05) is 5.43 Å². The zero-order valence-corrected chi connectivity index (χ0v) is 4.76. The molecule has 2 nitrogen and oxygen atoms in total. The molecule has 0 unspecified atom stereocenters. The number of nitrogens with zero attached hydrogens (tertiary/aromatic N) is 1. The van der Waals surface area contributed by atoms with E-state index in [2.05, 4.69) is 16.6 Å². The van der Waals surface area contributed by atoms with Crippen LogP contribution in [0.4, 0.5) is 5.69 Å². The fraction of sp³-hybridized carbons (Fsp3) is 0. The molecule has 0 aromatic heterocycles. The van der Waals surface area contributed by atoms with Gasteiger partial charge in [0, 0.05) is 6.07 Å². The molecule has 2 rings (SSSR count). The maximum atomic E-state index is 3.85. The van der Waals surface area contributed by atoms with Crippen LogP contribution in [-0.4, -0.2) is 6.21 Å². The van der Waals surface area contributed by atoms with Crippen LogP contribution in [0.15, 0.2) is 18.2 Å². The van der Waals surface area contributed by atoms with E-state index < -0.39 is 0 Å². The van der Waals surface area contributed by atoms with E-state index in [1.54, 1.807) is 6.21 Å². The molecule has 42 valence electrons. The maximum absolute atomic E-state index is 3.85. The third-order valence-electron chi connectivity index (χ3n) is 1.27. The number of hydrogen-bond donors (Lipinski definition) is 1. The van der Waals surface area contributed by atoms with Gasteiger partial charge in [-0.2, -0.15) is 0 Å². The highest BCUT2D eigenvalue weighted by atomic mass is 15.3. The van der Waals surface area contributed by atoms with Crippen molar-refractivity contribution in [3.05, 3.63) is 29.8 Å². The SMILES string of the molecule is [c]1cccc2c1N[N+]=C2. The molecule has 0 spiro atoms. The summed E-state index contributed by atoms with van der Waals surface area (Å²) < 4.78 is 0. The lowest BCUT2D eigenvalue weighted by atomic mass is 10.2. The summed E-state index contributed by atoms with van der Waals surface area (Å²) in [5, 5.41) is 3.85. The number of nitrogens with one attached hydrogen (secondary N) is 1. The van der Waals surface area contributed by atoms with Crippen molar-refractivity contribution in [2.45, 2.75) is 0 Å². The summed E-state index contributed by atoms with van der Waals surface area (Å²) in [4.78, 5) is 0. The minimum absolute atomic E-state index is 0.970. The number of benzene rings is 1. The molecule has 1 aliphatic heterocycles. The molecule has 1 heterocycles. The van der Waals surface area contributed by atoms with Gasteiger partial charge in [0.05, 0.1) is 5.56 Å². The van der Waals surface area contributed by atoms with E-state index >= 15 is 0 Å². The Balaban J connectivity index is 2.63. The summed E-state index contributed by atoms with van der Waals surface area (Å²) in [6.45, 7) is 0. The lowest BCUT2D eigenvalue weighted by molar-refractivity contribution is 1.25. The zero-order chi connectivity index (χ0) is 6.10. The van der Waals surface area contributed by atoms with Crippen LogP contribution >= 0.6 is 0 Å². The van der Waals surface area contributed by atoms with E-state index in [1.807, 2.05) is 18.2 Å². The first-order valence-electron chi connectivity index (χ1n) is 2.76. The van der Waals surface area contributed by atoms with Crippen LogP contribution in [0.5, 0.6) is 0 Å². The molecule has 2 radical (unpaired) electrons. The van der Waals surface area contributed by atoms with E-state index in [0.29, 0.717) is 0 Å². The van der Waals surface area contributed by atoms with Gasteiger partial charge in [0.2, 0.25) is 0 Å². The first-order chi connectivity index (χ1) is 4.47. The summed E-state index contributed by atoms with van der Waals surface area (Å²) in [5.74, 6) is 0. The Morgan fingerprint density at radius 2 is 2.56 bits per heavy atom. The van der Waals surface area contributed by atoms with Crippen molar-refractivity contribution in [3.8, 4) is 0 Å². The van der Waals surface area contributed by atoms with Crippen molar-refractivity contribution in [1.29, 1.82) is 0 Å². The first kappa shape index (κ1) is 4.56. The fourth-order valence-corrected chi connectivity index (χ4v) is 0.821. The van der Waals surface area contributed by atoms with Gasteiger partial charge in [-0.15, -0.1) is 0 Å². The Kier molecular flexibility index (Phi) is 0.803. The Morgan fingerprint density at radius 3 is 3.44 bits per heavy atom. The maximum Gasteiger partial charge on any atom is 0.284 e. The molecule has 0 amide bonds. The van der Waals surface area contributed by atoms with Gasteiger partial charge in [-0.05, 0) is 6.07 Å². The molecule has 1 N–H and O–H groups in total. The Labute approximate surface area is 53.2 Å². The van der Waals surface area contributed by atoms with E-state index in [0.717, 1.165) is 11.3 Å². The number of fused-ring (bicyclic) bond motifs is 1. The summed E-state index contributed by atoms with van der Waals surface area (Å²) >= 11 is 0. The molecule has 0 fully saturated rings. The van der Waals surface area contributed by atoms with E-state index in [4.69, 9.17) is 0 Å². The van der Waals surface area contributed by atoms with Crippen LogP contribution in [0, 0.1) is 6.07 Å². The van der Waals surface area contributed by atoms with Crippen LogP contribution in [0.2, 0.25) is 0 Å². The second-order valence-electron chi connectivity index (χ2n) is 1.87. The first-order valence-corrected chi connectivity index (χ1v) is 2.76. The molecule has 0 saturated carbocycles. The Morgan fingerprint density at radius 1 is 1.56 bits per heavy atom. The fourth-order valence-electron chi connectivity index (χ4n) is 0.821. The monoisotopic (exact) mass is 117 g/mol. The largest absolute Gasteiger partial charge is 0.284 e. The van der Waals surface area contributed by atoms with Crippen molar-refractivity contribution < 1.29 is 0 Å². The van der Waals surface area contributed by atoms with E-state index in [9.17, 15) is 0 Å². The second kappa shape index (κ2) is 1.58. The summed E-state index contributed by atoms with van der Waals surface area (Å²) in [5.41, 5.74) is 4.89. The Hall–Kier alpha value is -1.31. The van der Waals surface area contributed by atoms with Crippen molar-refractivity contribution in [3.63, 3.8) is 0 Å². The standard InChI is InChI=1S/C7H5N2/c1-2-4-7-6(3-1)5-8-9-7/h1-3,5,9H/q+1. The Bertz CT molecular complexity index is 253. The molecule has 9 heavy (non-hydrogen) atoms. The predicted molar refractivity (Wildman–Crippen MR) is 36.2 cm³/mol. The lowest BCUT2D eigenvalue weighted by Crippen LogP contribution is -1.92. The molecule has 1 aromatic carbocycles. The molecular formula is C7H5N2+. The van der Waals surface area contributed by atoms with Gasteiger partial charge >= 0.3 is 0 Å². The average Bonchev–Trinajstić information content (AvgIpc) is 2.33. The number of anilines is 1. The number of rotatable bonds is 0. The van der Waals surface area contributed by atoms with Gasteiger partial charge in [-0.25, -0.2) is 0 Å². The van der Waals surface area contributed by atoms with Crippen LogP contribution < -0.4 is 10.5 Å². The predicted octanol–water partition coefficient (Wildman–Crippen LogP) is 0.582. The highest BCUT2D eigenvalue weighted by Gasteiger charge is 2.12. The van der Waals surface area contributed by atoms with Gasteiger partial charge < -0.3 is 0 Å². The van der Waals surface area contributed by atoms with Crippen molar-refractivity contribution in [2.24, 2.45) is 0 Å². The van der Waals surface area contributed by atoms with Gasteiger partial charge in [0.15, 0.2) is 5.10 Å². The number of hydrazone groups is 1. The van der Waals surface area contributed by atoms with Crippen LogP contribution in [-0.2, 0) is 0 Å². The summed E-state index contributed by atoms with van der Waals surface area (Å²) in [7, 11) is 0. The van der Waals surface area contributed by atoms with Crippen molar-refractivity contribution in [1.82, 2.24) is 5.10 Å². The van der Waals surface area contributed by atoms with Crippen LogP contribution in [0.25, 0.3) is 0 Å². The molecule has 0 bridgehead atoms. The second-order valence-corrected chi connectivity index (χ2v) is 1.87. The summed E-state index contributed by atoms with van der Waals surface area (Å²) in [6, 6.07) is 8.81. The molecule has 1 aromatic rings. The highest BCUT2D eigenvalue weighted by Crippen LogP contribution is 2.12. The van der Waals surface area contributed by atoms with Gasteiger partial charge in [-0.1, -0.05) is 17.6 Å². The smallest absolute Gasteiger partial charge is 0.0995 e. The lowest BCUT2D eigenvalue weighted by Gasteiger charge is -1.85. The van der Waals surface area contributed by atoms with Crippen molar-refractivity contribution >= 4 is 11.9 Å². The van der Waals surface area contributed by atoms with E-state index in [1.165, 1.54) is 0 Å². The van der Waals surface area contributed by atoms with Gasteiger partial charge in [0.25, 0.3) is 6.21 Å². The van der Waals surface area contributed by atoms with E-state index in [-0.39, 0.29) is 0 Å². The quantitative estimate of drug-likeness (QED) is 0.528. The average molecular weight is 117 g/mol.